The molecular weight excluding hydrogens is 917 g/mol. The van der Waals surface area contributed by atoms with Gasteiger partial charge in [0.2, 0.25) is 0 Å². The Kier molecular flexibility index (Phi) is 21.1. The van der Waals surface area contributed by atoms with Gasteiger partial charge >= 0.3 is 0 Å². The molecule has 1 aliphatic rings. The second-order valence-electron chi connectivity index (χ2n) is 21.0. The Morgan fingerprint density at radius 1 is 0.781 bits per heavy atom. The fourth-order valence-electron chi connectivity index (χ4n) is 10.1. The molecule has 398 valence electrons. The van der Waals surface area contributed by atoms with Gasteiger partial charge in [0.25, 0.3) is 0 Å². The Labute approximate surface area is 434 Å². The van der Waals surface area contributed by atoms with Gasteiger partial charge in [0.1, 0.15) is 23.2 Å². The molecule has 16 nitrogen and oxygen atoms in total. The number of benzene rings is 3. The average molecular weight is 1000 g/mol. The van der Waals surface area contributed by atoms with E-state index in [2.05, 4.69) is 121 Å². The summed E-state index contributed by atoms with van der Waals surface area (Å²) in [5.41, 5.74) is 11.8. The molecule has 0 atom stereocenters. The summed E-state index contributed by atoms with van der Waals surface area (Å²) in [5.74, 6) is 10.6. The van der Waals surface area contributed by atoms with E-state index < -0.39 is 0 Å². The topological polar surface area (TPSA) is 189 Å². The van der Waals surface area contributed by atoms with Gasteiger partial charge in [-0.05, 0) is 156 Å². The third-order valence-corrected chi connectivity index (χ3v) is 14.4. The molecule has 1 fully saturated rings. The maximum Gasteiger partial charge on any atom is 0.145 e. The van der Waals surface area contributed by atoms with Gasteiger partial charge in [-0.1, -0.05) is 39.0 Å². The Morgan fingerprint density at radius 2 is 1.51 bits per heavy atom. The highest BCUT2D eigenvalue weighted by molar-refractivity contribution is 6.23. The lowest BCUT2D eigenvalue weighted by Crippen LogP contribution is -2.37. The summed E-state index contributed by atoms with van der Waals surface area (Å²) in [6, 6.07) is 19.4. The van der Waals surface area contributed by atoms with E-state index in [-0.39, 0.29) is 0 Å². The van der Waals surface area contributed by atoms with E-state index in [9.17, 15) is 0 Å². The van der Waals surface area contributed by atoms with Crippen molar-refractivity contribution in [3.05, 3.63) is 84.1 Å². The lowest BCUT2D eigenvalue weighted by atomic mass is 9.71. The van der Waals surface area contributed by atoms with Gasteiger partial charge in [-0.25, -0.2) is 20.8 Å². The van der Waals surface area contributed by atoms with Crippen LogP contribution in [0.15, 0.2) is 72.7 Å². The van der Waals surface area contributed by atoms with E-state index in [1.807, 2.05) is 18.5 Å². The monoisotopic (exact) mass is 1000 g/mol. The van der Waals surface area contributed by atoms with Crippen LogP contribution in [0, 0.1) is 18.3 Å². The number of rotatable bonds is 31. The molecule has 3 heterocycles. The number of fused-ring (bicyclic) bond motifs is 6. The number of para-hydroxylation sites is 1. The highest BCUT2D eigenvalue weighted by Crippen LogP contribution is 2.40. The summed E-state index contributed by atoms with van der Waals surface area (Å²) in [4.78, 5) is 23.3. The van der Waals surface area contributed by atoms with Crippen molar-refractivity contribution in [1.29, 1.82) is 0 Å². The van der Waals surface area contributed by atoms with E-state index in [4.69, 9.17) is 45.5 Å². The first-order valence-electron chi connectivity index (χ1n) is 26.8. The first-order valence-corrected chi connectivity index (χ1v) is 26.8. The molecule has 0 radical (unpaired) electrons. The SMILES string of the molecule is COc1ccc2c(ccc3[nH]c4c(C)cnc(NCCCNCCOCCOCCOCCN(N)/C=C(\N)CCCN(C)CCCNc5nc(CN(C)C6CCC(C(C)(C)C)CC6)nc6ccccc56)c4c32)c1. The fourth-order valence-corrected chi connectivity index (χ4v) is 10.1. The van der Waals surface area contributed by atoms with Crippen molar-refractivity contribution in [2.45, 2.75) is 91.6 Å². The number of aromatic nitrogens is 4. The smallest absolute Gasteiger partial charge is 0.145 e. The Bertz CT molecular complexity index is 2660. The van der Waals surface area contributed by atoms with Crippen LogP contribution in [0.2, 0.25) is 0 Å². The molecular formula is C57H86N12O4. The fraction of sp³-hybridized carbons (Fsp3) is 0.561. The molecule has 7 rings (SSSR count). The second-order valence-corrected chi connectivity index (χ2v) is 21.0. The number of hydrogen-bond acceptors (Lipinski definition) is 15. The van der Waals surface area contributed by atoms with Crippen molar-refractivity contribution >= 4 is 55.1 Å². The molecule has 3 aromatic carbocycles. The molecule has 0 aliphatic heterocycles. The molecule has 0 saturated heterocycles. The van der Waals surface area contributed by atoms with Gasteiger partial charge in [-0.2, -0.15) is 0 Å². The molecule has 1 saturated carbocycles. The van der Waals surface area contributed by atoms with Gasteiger partial charge in [0, 0.05) is 60.1 Å². The van der Waals surface area contributed by atoms with Crippen molar-refractivity contribution in [3.8, 4) is 5.75 Å². The van der Waals surface area contributed by atoms with Crippen molar-refractivity contribution in [1.82, 2.24) is 40.1 Å². The summed E-state index contributed by atoms with van der Waals surface area (Å²) in [6.07, 6.45) is 12.5. The number of nitrogens with zero attached hydrogens (tertiary/aromatic N) is 6. The zero-order chi connectivity index (χ0) is 51.6. The van der Waals surface area contributed by atoms with Crippen LogP contribution in [0.5, 0.6) is 5.75 Å². The van der Waals surface area contributed by atoms with Crippen LogP contribution in [-0.4, -0.2) is 147 Å². The Hall–Kier alpha value is -5.33. The van der Waals surface area contributed by atoms with Crippen molar-refractivity contribution in [2.75, 3.05) is 117 Å². The van der Waals surface area contributed by atoms with Crippen molar-refractivity contribution in [2.24, 2.45) is 22.9 Å². The number of methoxy groups -OCH3 is 1. The van der Waals surface area contributed by atoms with Gasteiger partial charge < -0.3 is 55.5 Å². The molecule has 0 spiro atoms. The summed E-state index contributed by atoms with van der Waals surface area (Å²) >= 11 is 0. The number of H-pyrrole nitrogens is 1. The third-order valence-electron chi connectivity index (χ3n) is 14.4. The van der Waals surface area contributed by atoms with Gasteiger partial charge in [-0.3, -0.25) is 4.90 Å². The summed E-state index contributed by atoms with van der Waals surface area (Å²) < 4.78 is 22.6. The predicted molar refractivity (Wildman–Crippen MR) is 300 cm³/mol. The number of aryl methyl sites for hydroxylation is 1. The van der Waals surface area contributed by atoms with Crippen LogP contribution in [0.4, 0.5) is 11.6 Å². The zero-order valence-corrected chi connectivity index (χ0v) is 45.0. The molecule has 73 heavy (non-hydrogen) atoms. The first kappa shape index (κ1) is 55.4. The molecule has 6 aromatic rings. The molecule has 0 unspecified atom stereocenters. The lowest BCUT2D eigenvalue weighted by Gasteiger charge is -2.39. The minimum atomic E-state index is 0.388. The van der Waals surface area contributed by atoms with E-state index in [0.29, 0.717) is 57.6 Å². The van der Waals surface area contributed by atoms with E-state index in [1.54, 1.807) is 12.1 Å². The van der Waals surface area contributed by atoms with Gasteiger partial charge in [-0.15, -0.1) is 0 Å². The number of aromatic amines is 1. The molecule has 1 aliphatic carbocycles. The zero-order valence-electron chi connectivity index (χ0n) is 45.0. The number of nitrogens with one attached hydrogen (secondary N) is 4. The summed E-state index contributed by atoms with van der Waals surface area (Å²) in [6.45, 7) is 18.9. The van der Waals surface area contributed by atoms with Gasteiger partial charge in [0.15, 0.2) is 0 Å². The minimum Gasteiger partial charge on any atom is -0.497 e. The normalized spacial score (nSPS) is 15.7. The third kappa shape index (κ3) is 16.3. The van der Waals surface area contributed by atoms with Crippen LogP contribution in [0.3, 0.4) is 0 Å². The molecule has 0 amide bonds. The number of ether oxygens (including phenoxy) is 4. The van der Waals surface area contributed by atoms with Crippen LogP contribution < -0.4 is 32.3 Å². The molecule has 16 heteroatoms. The van der Waals surface area contributed by atoms with Crippen molar-refractivity contribution in [3.63, 3.8) is 0 Å². The Balaban J connectivity index is 0.672. The number of pyridine rings is 1. The van der Waals surface area contributed by atoms with Crippen LogP contribution >= 0.6 is 0 Å². The maximum atomic E-state index is 6.33. The van der Waals surface area contributed by atoms with Gasteiger partial charge in [0.05, 0.1) is 76.3 Å². The molecule has 0 bridgehead atoms. The maximum absolute atomic E-state index is 6.33. The molecule has 8 N–H and O–H groups in total. The van der Waals surface area contributed by atoms with Crippen molar-refractivity contribution < 1.29 is 18.9 Å². The summed E-state index contributed by atoms with van der Waals surface area (Å²) in [7, 11) is 6.10. The Morgan fingerprint density at radius 3 is 2.29 bits per heavy atom. The predicted octanol–water partition coefficient (Wildman–Crippen LogP) is 8.80. The quantitative estimate of drug-likeness (QED) is 0.0138. The highest BCUT2D eigenvalue weighted by Gasteiger charge is 2.31. The van der Waals surface area contributed by atoms with Crippen LogP contribution in [0.1, 0.15) is 83.5 Å². The number of allylic oxidation sites excluding steroid dienone is 1. The number of nitrogens with two attached hydrogens (primary N) is 2. The van der Waals surface area contributed by atoms with Crippen LogP contribution in [-0.2, 0) is 20.8 Å². The van der Waals surface area contributed by atoms with Crippen LogP contribution in [0.25, 0.3) is 43.5 Å². The highest BCUT2D eigenvalue weighted by atomic mass is 16.5. The molecule has 3 aromatic heterocycles. The number of hydrogen-bond donors (Lipinski definition) is 6. The first-order chi connectivity index (χ1) is 35.4. The van der Waals surface area contributed by atoms with E-state index >= 15 is 0 Å². The average Bonchev–Trinajstić information content (AvgIpc) is 3.79. The summed E-state index contributed by atoms with van der Waals surface area (Å²) in [5, 5.41) is 18.0. The standard InChI is InChI=1S/C57H86N12O4/c1-41-38-63-56(53-52-47-22-21-46(70-7)37-42(47)16-23-50(52)65-54(41)53)62-25-11-24-60-27-31-71-33-35-73-36-34-72-32-30-69(59)39-44(58)13-10-28-67(5)29-12-26-61-55-48-14-8-9-15-49(48)64-51(66-55)40-68(6)45-19-17-43(18-20-45)57(2,3)4/h8-9,14-16,21-23,37-39,43,45,60,65H,10-13,17-20,24-36,40,58-59H2,1-7H3,(H,62,63)(H,61,64,66)/b44-39-. The number of hydrazine groups is 1. The second kappa shape index (κ2) is 27.8. The van der Waals surface area contributed by atoms with E-state index in [1.165, 1.54) is 36.5 Å². The van der Waals surface area contributed by atoms with E-state index in [0.717, 1.165) is 145 Å². The lowest BCUT2D eigenvalue weighted by molar-refractivity contribution is 0.0128. The largest absolute Gasteiger partial charge is 0.497 e. The number of anilines is 2. The minimum absolute atomic E-state index is 0.388.